The second-order valence-electron chi connectivity index (χ2n) is 4.87. The van der Waals surface area contributed by atoms with E-state index in [4.69, 9.17) is 9.47 Å². The molecule has 2 rings (SSSR count). The maximum absolute atomic E-state index is 9.50. The highest BCUT2D eigenvalue weighted by atomic mass is 16.5. The molecule has 0 radical (unpaired) electrons. The Balaban J connectivity index is 2.20. The summed E-state index contributed by atoms with van der Waals surface area (Å²) in [6.45, 7) is 0.266. The number of rotatable bonds is 5. The predicted octanol–water partition coefficient (Wildman–Crippen LogP) is 2.41. The Kier molecular flexibility index (Phi) is 3.57. The van der Waals surface area contributed by atoms with Gasteiger partial charge in [0.2, 0.25) is 0 Å². The molecule has 17 heavy (non-hydrogen) atoms. The van der Waals surface area contributed by atoms with E-state index in [9.17, 15) is 5.11 Å². The molecule has 0 atom stereocenters. The van der Waals surface area contributed by atoms with Crippen LogP contribution in [0.3, 0.4) is 0 Å². The molecule has 3 heteroatoms. The summed E-state index contributed by atoms with van der Waals surface area (Å²) in [5, 5.41) is 9.50. The van der Waals surface area contributed by atoms with Gasteiger partial charge in [-0.1, -0.05) is 12.5 Å². The van der Waals surface area contributed by atoms with Crippen molar-refractivity contribution in [1.29, 1.82) is 0 Å². The van der Waals surface area contributed by atoms with Gasteiger partial charge in [0.1, 0.15) is 11.5 Å². The van der Waals surface area contributed by atoms with E-state index in [-0.39, 0.29) is 12.0 Å². The van der Waals surface area contributed by atoms with Crippen molar-refractivity contribution in [3.8, 4) is 11.5 Å². The fourth-order valence-electron chi connectivity index (χ4n) is 2.47. The molecule has 0 heterocycles. The molecule has 0 saturated heterocycles. The minimum Gasteiger partial charge on any atom is -0.497 e. The highest BCUT2D eigenvalue weighted by Crippen LogP contribution is 2.44. The molecule has 1 aliphatic rings. The Bertz CT molecular complexity index is 378. The van der Waals surface area contributed by atoms with E-state index in [0.29, 0.717) is 0 Å². The zero-order valence-electron chi connectivity index (χ0n) is 10.5. The zero-order chi connectivity index (χ0) is 12.3. The maximum Gasteiger partial charge on any atom is 0.125 e. The van der Waals surface area contributed by atoms with E-state index >= 15 is 0 Å². The third-order valence-electron chi connectivity index (χ3n) is 3.81. The molecule has 1 aliphatic carbocycles. The quantitative estimate of drug-likeness (QED) is 0.853. The van der Waals surface area contributed by atoms with Gasteiger partial charge in [-0.3, -0.25) is 0 Å². The summed E-state index contributed by atoms with van der Waals surface area (Å²) in [6.07, 6.45) is 4.33. The number of hydrogen-bond acceptors (Lipinski definition) is 3. The summed E-state index contributed by atoms with van der Waals surface area (Å²) in [4.78, 5) is 0. The van der Waals surface area contributed by atoms with Gasteiger partial charge in [-0.2, -0.15) is 0 Å². The first-order chi connectivity index (χ1) is 8.23. The van der Waals surface area contributed by atoms with E-state index in [1.165, 1.54) is 6.42 Å². The highest BCUT2D eigenvalue weighted by molar-refractivity contribution is 5.41. The molecule has 1 aromatic carbocycles. The van der Waals surface area contributed by atoms with Crippen LogP contribution in [0.25, 0.3) is 0 Å². The first kappa shape index (κ1) is 12.2. The monoisotopic (exact) mass is 236 g/mol. The van der Waals surface area contributed by atoms with Gasteiger partial charge < -0.3 is 14.6 Å². The van der Waals surface area contributed by atoms with Crippen LogP contribution in [0.5, 0.6) is 11.5 Å². The summed E-state index contributed by atoms with van der Waals surface area (Å²) < 4.78 is 10.6. The molecule has 0 amide bonds. The minimum absolute atomic E-state index is 0.0852. The lowest BCUT2D eigenvalue weighted by Gasteiger charge is -2.40. The summed E-state index contributed by atoms with van der Waals surface area (Å²) in [5.74, 6) is 1.65. The van der Waals surface area contributed by atoms with Crippen LogP contribution in [0.1, 0.15) is 24.8 Å². The van der Waals surface area contributed by atoms with E-state index in [1.54, 1.807) is 14.2 Å². The van der Waals surface area contributed by atoms with Crippen molar-refractivity contribution in [2.45, 2.75) is 25.7 Å². The first-order valence-electron chi connectivity index (χ1n) is 6.05. The molecule has 0 aliphatic heterocycles. The third-order valence-corrected chi connectivity index (χ3v) is 3.81. The Morgan fingerprint density at radius 1 is 1.24 bits per heavy atom. The fraction of sp³-hybridized carbons (Fsp3) is 0.571. The molecular weight excluding hydrogens is 216 g/mol. The summed E-state index contributed by atoms with van der Waals surface area (Å²) in [6, 6.07) is 5.88. The van der Waals surface area contributed by atoms with Gasteiger partial charge in [0.05, 0.1) is 14.2 Å². The number of hydrogen-bond donors (Lipinski definition) is 1. The normalized spacial score (nSPS) is 17.4. The standard InChI is InChI=1S/C14H20O3/c1-16-12-5-4-11(13(8-12)17-2)9-14(10-15)6-3-7-14/h4-5,8,15H,3,6-7,9-10H2,1-2H3. The Morgan fingerprint density at radius 2 is 2.00 bits per heavy atom. The fourth-order valence-corrected chi connectivity index (χ4v) is 2.47. The van der Waals surface area contributed by atoms with Gasteiger partial charge in [0.25, 0.3) is 0 Å². The van der Waals surface area contributed by atoms with Gasteiger partial charge in [-0.15, -0.1) is 0 Å². The van der Waals surface area contributed by atoms with Crippen molar-refractivity contribution >= 4 is 0 Å². The Labute approximate surface area is 102 Å². The molecule has 0 aromatic heterocycles. The van der Waals surface area contributed by atoms with Crippen LogP contribution in [0.4, 0.5) is 0 Å². The van der Waals surface area contributed by atoms with Crippen LogP contribution in [0, 0.1) is 5.41 Å². The molecule has 1 N–H and O–H groups in total. The predicted molar refractivity (Wildman–Crippen MR) is 66.6 cm³/mol. The SMILES string of the molecule is COc1ccc(CC2(CO)CCC2)c(OC)c1. The molecule has 0 spiro atoms. The van der Waals surface area contributed by atoms with Crippen LogP contribution in [0.2, 0.25) is 0 Å². The second-order valence-corrected chi connectivity index (χ2v) is 4.87. The number of benzene rings is 1. The summed E-state index contributed by atoms with van der Waals surface area (Å²) in [5.41, 5.74) is 1.24. The van der Waals surface area contributed by atoms with Gasteiger partial charge in [-0.05, 0) is 36.3 Å². The van der Waals surface area contributed by atoms with Crippen molar-refractivity contribution in [2.75, 3.05) is 20.8 Å². The summed E-state index contributed by atoms with van der Waals surface area (Å²) in [7, 11) is 3.32. The average Bonchev–Trinajstić information content (AvgIpc) is 2.34. The molecule has 94 valence electrons. The van der Waals surface area contributed by atoms with Gasteiger partial charge in [0.15, 0.2) is 0 Å². The van der Waals surface area contributed by atoms with Gasteiger partial charge in [0, 0.05) is 12.7 Å². The number of ether oxygens (including phenoxy) is 2. The maximum atomic E-state index is 9.50. The van der Waals surface area contributed by atoms with Crippen molar-refractivity contribution in [2.24, 2.45) is 5.41 Å². The molecule has 0 bridgehead atoms. The largest absolute Gasteiger partial charge is 0.497 e. The average molecular weight is 236 g/mol. The molecule has 0 unspecified atom stereocenters. The van der Waals surface area contributed by atoms with Crippen LogP contribution < -0.4 is 9.47 Å². The minimum atomic E-state index is 0.0852. The molecule has 1 aromatic rings. The Hall–Kier alpha value is -1.22. The van der Waals surface area contributed by atoms with Gasteiger partial charge >= 0.3 is 0 Å². The van der Waals surface area contributed by atoms with Crippen molar-refractivity contribution in [3.05, 3.63) is 23.8 Å². The number of aliphatic hydroxyl groups is 1. The molecule has 1 saturated carbocycles. The van der Waals surface area contributed by atoms with Crippen LogP contribution in [-0.4, -0.2) is 25.9 Å². The lowest BCUT2D eigenvalue weighted by atomic mass is 9.66. The van der Waals surface area contributed by atoms with E-state index in [0.717, 1.165) is 36.3 Å². The van der Waals surface area contributed by atoms with Crippen molar-refractivity contribution < 1.29 is 14.6 Å². The topological polar surface area (TPSA) is 38.7 Å². The van der Waals surface area contributed by atoms with E-state index < -0.39 is 0 Å². The zero-order valence-corrected chi connectivity index (χ0v) is 10.5. The smallest absolute Gasteiger partial charge is 0.125 e. The van der Waals surface area contributed by atoms with E-state index in [1.807, 2.05) is 18.2 Å². The van der Waals surface area contributed by atoms with Gasteiger partial charge in [-0.25, -0.2) is 0 Å². The van der Waals surface area contributed by atoms with Crippen molar-refractivity contribution in [3.63, 3.8) is 0 Å². The number of aliphatic hydroxyl groups excluding tert-OH is 1. The molecule has 3 nitrogen and oxygen atoms in total. The molecular formula is C14H20O3. The van der Waals surface area contributed by atoms with Crippen molar-refractivity contribution in [1.82, 2.24) is 0 Å². The number of methoxy groups -OCH3 is 2. The Morgan fingerprint density at radius 3 is 2.47 bits per heavy atom. The van der Waals surface area contributed by atoms with Crippen LogP contribution >= 0.6 is 0 Å². The van der Waals surface area contributed by atoms with Crippen LogP contribution in [-0.2, 0) is 6.42 Å². The summed E-state index contributed by atoms with van der Waals surface area (Å²) >= 11 is 0. The third kappa shape index (κ3) is 2.39. The first-order valence-corrected chi connectivity index (χ1v) is 6.05. The second kappa shape index (κ2) is 4.96. The highest BCUT2D eigenvalue weighted by Gasteiger charge is 2.36. The van der Waals surface area contributed by atoms with Crippen LogP contribution in [0.15, 0.2) is 18.2 Å². The lowest BCUT2D eigenvalue weighted by molar-refractivity contribution is 0.0445. The van der Waals surface area contributed by atoms with E-state index in [2.05, 4.69) is 0 Å². The lowest BCUT2D eigenvalue weighted by Crippen LogP contribution is -2.35. The molecule has 1 fully saturated rings.